The zero-order valence-electron chi connectivity index (χ0n) is 36.2. The van der Waals surface area contributed by atoms with Gasteiger partial charge in [0.1, 0.15) is 42.5 Å². The number of nitrogens with two attached hydrogens (primary N) is 1. The van der Waals surface area contributed by atoms with E-state index in [1.165, 1.54) is 6.92 Å². The number of carbonyl (C=O) groups excluding carboxylic acids is 8. The molecule has 7 amide bonds. The van der Waals surface area contributed by atoms with E-state index in [0.717, 1.165) is 4.90 Å². The number of hydrogen-bond acceptors (Lipinski definition) is 16. The molecule has 1 heterocycles. The Balaban J connectivity index is 3.04. The fourth-order valence-electron chi connectivity index (χ4n) is 6.33. The molecule has 0 saturated carbocycles. The van der Waals surface area contributed by atoms with Gasteiger partial charge in [-0.25, -0.2) is 0 Å². The number of hydroxylamine groups is 1. The molecule has 0 aromatic carbocycles. The minimum atomic E-state index is -1.72. The zero-order chi connectivity index (χ0) is 49.4. The number of carbonyl (C=O) groups is 12. The number of amides is 7. The van der Waals surface area contributed by atoms with Crippen molar-refractivity contribution in [3.63, 3.8) is 0 Å². The third-order valence-corrected chi connectivity index (χ3v) is 9.54. The summed E-state index contributed by atoms with van der Waals surface area (Å²) in [4.78, 5) is 155. The summed E-state index contributed by atoms with van der Waals surface area (Å²) in [6, 6.07) is -11.0. The van der Waals surface area contributed by atoms with Gasteiger partial charge in [0.05, 0.1) is 38.3 Å². The van der Waals surface area contributed by atoms with Crippen molar-refractivity contribution in [1.29, 1.82) is 0 Å². The van der Waals surface area contributed by atoms with Crippen LogP contribution < -0.4 is 43.1 Å². The van der Waals surface area contributed by atoms with Crippen LogP contribution in [-0.2, 0) is 62.4 Å². The molecule has 1 saturated heterocycles. The van der Waals surface area contributed by atoms with Crippen LogP contribution in [0.5, 0.6) is 0 Å². The lowest BCUT2D eigenvalue weighted by Gasteiger charge is -2.29. The summed E-state index contributed by atoms with van der Waals surface area (Å²) >= 11 is 0. The van der Waals surface area contributed by atoms with E-state index in [1.807, 2.05) is 0 Å². The fourth-order valence-corrected chi connectivity index (χ4v) is 6.33. The molecule has 14 N–H and O–H groups in total. The van der Waals surface area contributed by atoms with Crippen molar-refractivity contribution in [1.82, 2.24) is 42.3 Å². The van der Waals surface area contributed by atoms with E-state index in [1.54, 1.807) is 13.8 Å². The molecule has 27 heteroatoms. The van der Waals surface area contributed by atoms with Crippen molar-refractivity contribution in [3.8, 4) is 0 Å². The monoisotopic (exact) mass is 931 g/mol. The van der Waals surface area contributed by atoms with E-state index in [9.17, 15) is 78.0 Å². The summed E-state index contributed by atoms with van der Waals surface area (Å²) in [6.45, 7) is 3.10. The predicted molar refractivity (Wildman–Crippen MR) is 219 cm³/mol. The summed E-state index contributed by atoms with van der Waals surface area (Å²) in [6.07, 6.45) is -2.98. The first-order valence-corrected chi connectivity index (χ1v) is 20.7. The molecule has 0 aromatic heterocycles. The Bertz CT molecular complexity index is 1710. The van der Waals surface area contributed by atoms with E-state index < -0.39 is 178 Å². The minimum Gasteiger partial charge on any atom is -0.481 e. The van der Waals surface area contributed by atoms with Crippen LogP contribution in [0.25, 0.3) is 0 Å². The van der Waals surface area contributed by atoms with Crippen molar-refractivity contribution in [2.45, 2.75) is 133 Å². The Morgan fingerprint density at radius 2 is 1.17 bits per heavy atom. The highest BCUT2D eigenvalue weighted by Crippen LogP contribution is 2.19. The van der Waals surface area contributed by atoms with Gasteiger partial charge >= 0.3 is 23.9 Å². The van der Waals surface area contributed by atoms with Gasteiger partial charge in [-0.15, -0.1) is 0 Å². The molecule has 8 atom stereocenters. The smallest absolute Gasteiger partial charge is 0.305 e. The van der Waals surface area contributed by atoms with Crippen LogP contribution in [0.15, 0.2) is 0 Å². The van der Waals surface area contributed by atoms with Crippen LogP contribution in [0.1, 0.15) is 85.0 Å². The molecule has 1 fully saturated rings. The second kappa shape index (κ2) is 29.2. The van der Waals surface area contributed by atoms with Crippen molar-refractivity contribution in [2.75, 3.05) is 26.3 Å². The maximum absolute atomic E-state index is 13.6. The highest BCUT2D eigenvalue weighted by atomic mass is 16.6. The lowest BCUT2D eigenvalue weighted by Crippen LogP contribution is -2.58. The van der Waals surface area contributed by atoms with Crippen LogP contribution in [0.3, 0.4) is 0 Å². The molecule has 0 bridgehead atoms. The van der Waals surface area contributed by atoms with E-state index in [4.69, 9.17) is 15.7 Å². The van der Waals surface area contributed by atoms with Gasteiger partial charge in [0.2, 0.25) is 41.4 Å². The number of carboxylic acids is 4. The highest BCUT2D eigenvalue weighted by Gasteiger charge is 2.39. The summed E-state index contributed by atoms with van der Waals surface area (Å²) in [5.74, 6) is -12.1. The van der Waals surface area contributed by atoms with Crippen LogP contribution in [0, 0.1) is 5.92 Å². The number of nitrogens with zero attached hydrogens (tertiary/aromatic N) is 1. The minimum absolute atomic E-state index is 0.0109. The summed E-state index contributed by atoms with van der Waals surface area (Å²) in [5, 5.41) is 60.9. The highest BCUT2D eigenvalue weighted by molar-refractivity contribution is 5.96. The van der Waals surface area contributed by atoms with Crippen molar-refractivity contribution < 1.29 is 87.9 Å². The van der Waals surface area contributed by atoms with Gasteiger partial charge in [0, 0.05) is 25.8 Å². The maximum Gasteiger partial charge on any atom is 0.305 e. The average molecular weight is 932 g/mol. The van der Waals surface area contributed by atoms with Crippen LogP contribution >= 0.6 is 0 Å². The number of aliphatic hydroxyl groups excluding tert-OH is 1. The Morgan fingerprint density at radius 3 is 1.65 bits per heavy atom. The van der Waals surface area contributed by atoms with Gasteiger partial charge in [-0.05, 0) is 51.4 Å². The SMILES string of the molecule is CC(C)C[C@@H](C=O)NC(=O)[C@H](CCC(=O)O)NC(=O)[C@H](CCC(=O)O)NC(=O)[C@@H]1CCCN1C(=O)[C@H](CO)NOC[C@H](C)NC(=O)[C@H](CC(=O)O)NC(=O)[C@H](CCC(=O)O)NC(=O)CN. The third-order valence-electron chi connectivity index (χ3n) is 9.54. The van der Waals surface area contributed by atoms with Crippen molar-refractivity contribution >= 4 is 71.5 Å². The van der Waals surface area contributed by atoms with Gasteiger partial charge in [0.15, 0.2) is 0 Å². The molecule has 0 radical (unpaired) electrons. The van der Waals surface area contributed by atoms with Crippen LogP contribution in [0.2, 0.25) is 0 Å². The molecule has 1 aliphatic rings. The van der Waals surface area contributed by atoms with E-state index >= 15 is 0 Å². The Labute approximate surface area is 372 Å². The number of aldehydes is 1. The molecule has 0 aromatic rings. The normalized spacial score (nSPS) is 16.6. The lowest BCUT2D eigenvalue weighted by molar-refractivity contribution is -0.145. The van der Waals surface area contributed by atoms with Gasteiger partial charge in [0.25, 0.3) is 0 Å². The largest absolute Gasteiger partial charge is 0.481 e. The van der Waals surface area contributed by atoms with E-state index in [2.05, 4.69) is 37.4 Å². The third kappa shape index (κ3) is 21.7. The zero-order valence-corrected chi connectivity index (χ0v) is 36.2. The molecule has 1 aliphatic heterocycles. The number of nitrogens with one attached hydrogen (secondary N) is 7. The number of carboxylic acid groups (broad SMARTS) is 4. The summed E-state index contributed by atoms with van der Waals surface area (Å²) in [7, 11) is 0. The van der Waals surface area contributed by atoms with Gasteiger partial charge in [-0.2, -0.15) is 5.48 Å². The second-order valence-electron chi connectivity index (χ2n) is 15.5. The lowest BCUT2D eigenvalue weighted by atomic mass is 10.0. The molecular weight excluding hydrogens is 870 g/mol. The van der Waals surface area contributed by atoms with Crippen molar-refractivity contribution in [2.24, 2.45) is 11.7 Å². The van der Waals surface area contributed by atoms with Gasteiger partial charge < -0.3 is 72.9 Å². The molecular formula is C38H61N9O18. The van der Waals surface area contributed by atoms with E-state index in [0.29, 0.717) is 6.29 Å². The first kappa shape index (κ1) is 56.7. The topological polar surface area (TPSA) is 429 Å². The van der Waals surface area contributed by atoms with Gasteiger partial charge in [-0.3, -0.25) is 57.6 Å². The maximum atomic E-state index is 13.6. The Hall–Kier alpha value is -6.32. The number of likely N-dealkylation sites (tertiary alicyclic amines) is 1. The standard InChI is InChI=1S/C38H61N9O18/c1-19(2)13-21(16-48)41-33(59)23(7-10-30(53)54)43-35(61)24(8-11-31(55)56)44-37(63)27-5-4-12-47(27)38(64)26(17-49)46-65-18-20(3)40-36(62)25(14-32(57)58)45-34(60)22(6-9-29(51)52)42-28(50)15-39/h16,19-27,46,49H,4-15,17-18,39H2,1-3H3,(H,40,62)(H,41,59)(H,42,50)(H,43,61)(H,44,63)(H,45,60)(H,51,52)(H,53,54)(H,55,56)(H,57,58)/t20-,21-,22-,23-,24-,25-,26-,27-/m0/s1. The fraction of sp³-hybridized carbons (Fsp3) is 0.684. The molecule has 0 unspecified atom stereocenters. The molecule has 0 spiro atoms. The Kier molecular flexibility index (Phi) is 25.5. The van der Waals surface area contributed by atoms with Gasteiger partial charge in [-0.1, -0.05) is 13.8 Å². The molecule has 27 nitrogen and oxygen atoms in total. The summed E-state index contributed by atoms with van der Waals surface area (Å²) < 4.78 is 0. The van der Waals surface area contributed by atoms with E-state index in [-0.39, 0.29) is 31.7 Å². The Morgan fingerprint density at radius 1 is 0.677 bits per heavy atom. The molecule has 1 rings (SSSR count). The number of aliphatic carboxylic acids is 4. The number of rotatable bonds is 32. The number of aliphatic hydroxyl groups is 1. The predicted octanol–water partition coefficient (Wildman–Crippen LogP) is -4.94. The van der Waals surface area contributed by atoms with Crippen LogP contribution in [-0.4, -0.2) is 177 Å². The van der Waals surface area contributed by atoms with Crippen molar-refractivity contribution in [3.05, 3.63) is 0 Å². The average Bonchev–Trinajstić information content (AvgIpc) is 3.72. The number of hydrogen-bond donors (Lipinski definition) is 13. The first-order valence-electron chi connectivity index (χ1n) is 20.7. The molecule has 0 aliphatic carbocycles. The first-order chi connectivity index (χ1) is 30.5. The summed E-state index contributed by atoms with van der Waals surface area (Å²) in [5.41, 5.74) is 7.57. The molecule has 65 heavy (non-hydrogen) atoms. The quantitative estimate of drug-likeness (QED) is 0.0222. The second-order valence-corrected chi connectivity index (χ2v) is 15.5. The molecule has 366 valence electrons. The van der Waals surface area contributed by atoms with Crippen LogP contribution in [0.4, 0.5) is 0 Å².